The largest absolute Gasteiger partial charge is 0.444 e. The summed E-state index contributed by atoms with van der Waals surface area (Å²) in [5.74, 6) is 0.297. The summed E-state index contributed by atoms with van der Waals surface area (Å²) in [6.07, 6.45) is 2.71. The summed E-state index contributed by atoms with van der Waals surface area (Å²) in [7, 11) is 0. The summed E-state index contributed by atoms with van der Waals surface area (Å²) < 4.78 is 5.42. The van der Waals surface area contributed by atoms with Crippen molar-refractivity contribution in [2.75, 3.05) is 32.8 Å². The SMILES string of the molecule is CC(C)(C)OC(=O)N1CCC(CN2CCCC(CC(O)CO)C2=O)CC1. The molecule has 2 heterocycles. The number of carbonyl (C=O) groups excluding carboxylic acids is 2. The molecular weight excluding hydrogens is 336 g/mol. The second kappa shape index (κ2) is 9.04. The number of carbonyl (C=O) groups is 2. The third kappa shape index (κ3) is 6.13. The van der Waals surface area contributed by atoms with E-state index in [9.17, 15) is 14.7 Å². The first kappa shape index (κ1) is 21.0. The van der Waals surface area contributed by atoms with Crippen molar-refractivity contribution in [1.82, 2.24) is 9.80 Å². The molecular formula is C19H34N2O5. The van der Waals surface area contributed by atoms with Crippen molar-refractivity contribution in [2.24, 2.45) is 11.8 Å². The molecule has 0 saturated carbocycles. The highest BCUT2D eigenvalue weighted by Gasteiger charge is 2.33. The van der Waals surface area contributed by atoms with Crippen LogP contribution in [0.5, 0.6) is 0 Å². The molecule has 2 unspecified atom stereocenters. The standard InChI is InChI=1S/C19H34N2O5/c1-19(2,3)26-18(25)20-9-6-14(7-10-20)12-21-8-4-5-15(17(21)24)11-16(23)13-22/h14-16,22-23H,4-13H2,1-3H3. The zero-order valence-corrected chi connectivity index (χ0v) is 16.3. The fourth-order valence-electron chi connectivity index (χ4n) is 3.76. The van der Waals surface area contributed by atoms with Gasteiger partial charge in [-0.2, -0.15) is 0 Å². The lowest BCUT2D eigenvalue weighted by atomic mass is 9.89. The molecule has 0 aromatic carbocycles. The number of rotatable bonds is 5. The summed E-state index contributed by atoms with van der Waals surface area (Å²) in [5.41, 5.74) is -0.484. The number of aliphatic hydroxyl groups is 2. The summed E-state index contributed by atoms with van der Waals surface area (Å²) in [5, 5.41) is 18.6. The number of likely N-dealkylation sites (tertiary alicyclic amines) is 2. The average Bonchev–Trinajstić information content (AvgIpc) is 2.57. The molecule has 2 aliphatic heterocycles. The first-order chi connectivity index (χ1) is 12.2. The molecule has 2 saturated heterocycles. The molecule has 2 atom stereocenters. The van der Waals surface area contributed by atoms with Crippen molar-refractivity contribution in [3.8, 4) is 0 Å². The van der Waals surface area contributed by atoms with Crippen LogP contribution in [0.4, 0.5) is 4.79 Å². The molecule has 0 radical (unpaired) electrons. The fourth-order valence-corrected chi connectivity index (χ4v) is 3.76. The quantitative estimate of drug-likeness (QED) is 0.767. The van der Waals surface area contributed by atoms with Crippen molar-refractivity contribution in [1.29, 1.82) is 0 Å². The van der Waals surface area contributed by atoms with Crippen molar-refractivity contribution >= 4 is 12.0 Å². The molecule has 0 spiro atoms. The lowest BCUT2D eigenvalue weighted by Crippen LogP contribution is -2.47. The molecule has 7 heteroatoms. The number of aliphatic hydroxyl groups excluding tert-OH is 2. The van der Waals surface area contributed by atoms with Gasteiger partial charge >= 0.3 is 6.09 Å². The van der Waals surface area contributed by atoms with Crippen LogP contribution in [-0.2, 0) is 9.53 Å². The Hall–Kier alpha value is -1.34. The Morgan fingerprint density at radius 2 is 1.88 bits per heavy atom. The van der Waals surface area contributed by atoms with Crippen LogP contribution in [0.1, 0.15) is 52.9 Å². The second-order valence-corrected chi connectivity index (χ2v) is 8.61. The van der Waals surface area contributed by atoms with Gasteiger partial charge in [0, 0.05) is 32.1 Å². The van der Waals surface area contributed by atoms with Gasteiger partial charge in [-0.15, -0.1) is 0 Å². The Balaban J connectivity index is 1.79. The van der Waals surface area contributed by atoms with Gasteiger partial charge in [-0.05, 0) is 58.8 Å². The number of nitrogens with zero attached hydrogens (tertiary/aromatic N) is 2. The second-order valence-electron chi connectivity index (χ2n) is 8.61. The van der Waals surface area contributed by atoms with E-state index in [1.165, 1.54) is 0 Å². The van der Waals surface area contributed by atoms with Crippen LogP contribution in [0.15, 0.2) is 0 Å². The van der Waals surface area contributed by atoms with E-state index in [1.807, 2.05) is 25.7 Å². The minimum Gasteiger partial charge on any atom is -0.444 e. The Kier molecular flexibility index (Phi) is 7.29. The van der Waals surface area contributed by atoms with E-state index in [1.54, 1.807) is 4.90 Å². The molecule has 0 aromatic rings. The summed E-state index contributed by atoms with van der Waals surface area (Å²) >= 11 is 0. The highest BCUT2D eigenvalue weighted by Crippen LogP contribution is 2.26. The van der Waals surface area contributed by atoms with Gasteiger partial charge in [0.1, 0.15) is 5.60 Å². The van der Waals surface area contributed by atoms with Crippen LogP contribution in [0.2, 0.25) is 0 Å². The van der Waals surface area contributed by atoms with Gasteiger partial charge in [-0.3, -0.25) is 4.79 Å². The van der Waals surface area contributed by atoms with Crippen molar-refractivity contribution in [3.05, 3.63) is 0 Å². The normalized spacial score (nSPS) is 23.9. The van der Waals surface area contributed by atoms with Crippen molar-refractivity contribution in [3.63, 3.8) is 0 Å². The lowest BCUT2D eigenvalue weighted by Gasteiger charge is -2.38. The smallest absolute Gasteiger partial charge is 0.410 e. The molecule has 7 nitrogen and oxygen atoms in total. The van der Waals surface area contributed by atoms with Crippen LogP contribution < -0.4 is 0 Å². The molecule has 26 heavy (non-hydrogen) atoms. The van der Waals surface area contributed by atoms with E-state index in [0.717, 1.165) is 32.2 Å². The minimum atomic E-state index is -0.819. The molecule has 2 fully saturated rings. The van der Waals surface area contributed by atoms with Crippen LogP contribution in [-0.4, -0.2) is 76.5 Å². The zero-order valence-electron chi connectivity index (χ0n) is 16.3. The van der Waals surface area contributed by atoms with Crippen LogP contribution in [0.25, 0.3) is 0 Å². The van der Waals surface area contributed by atoms with E-state index in [0.29, 0.717) is 32.0 Å². The maximum absolute atomic E-state index is 12.6. The van der Waals surface area contributed by atoms with Crippen LogP contribution >= 0.6 is 0 Å². The van der Waals surface area contributed by atoms with E-state index < -0.39 is 11.7 Å². The van der Waals surface area contributed by atoms with Gasteiger partial charge in [-0.1, -0.05) is 0 Å². The molecule has 0 bridgehead atoms. The third-order valence-corrected chi connectivity index (χ3v) is 5.15. The molecule has 0 aliphatic carbocycles. The van der Waals surface area contributed by atoms with Crippen molar-refractivity contribution < 1.29 is 24.5 Å². The van der Waals surface area contributed by atoms with Gasteiger partial charge in [0.05, 0.1) is 12.7 Å². The highest BCUT2D eigenvalue weighted by molar-refractivity contribution is 5.79. The Labute approximate surface area is 156 Å². The van der Waals surface area contributed by atoms with Gasteiger partial charge in [0.2, 0.25) is 5.91 Å². The van der Waals surface area contributed by atoms with E-state index in [4.69, 9.17) is 9.84 Å². The number of hydrogen-bond acceptors (Lipinski definition) is 5. The third-order valence-electron chi connectivity index (χ3n) is 5.15. The molecule has 2 aliphatic rings. The predicted octanol–water partition coefficient (Wildman–Crippen LogP) is 1.62. The Morgan fingerprint density at radius 3 is 2.46 bits per heavy atom. The number of hydrogen-bond donors (Lipinski definition) is 2. The Morgan fingerprint density at radius 1 is 1.23 bits per heavy atom. The maximum Gasteiger partial charge on any atom is 0.410 e. The molecule has 0 aromatic heterocycles. The van der Waals surface area contributed by atoms with E-state index in [2.05, 4.69) is 0 Å². The predicted molar refractivity (Wildman–Crippen MR) is 97.5 cm³/mol. The fraction of sp³-hybridized carbons (Fsp3) is 0.895. The summed E-state index contributed by atoms with van der Waals surface area (Å²) in [6, 6.07) is 0. The van der Waals surface area contributed by atoms with Crippen LogP contribution in [0, 0.1) is 11.8 Å². The lowest BCUT2D eigenvalue weighted by molar-refractivity contribution is -0.140. The van der Waals surface area contributed by atoms with Crippen LogP contribution in [0.3, 0.4) is 0 Å². The highest BCUT2D eigenvalue weighted by atomic mass is 16.6. The maximum atomic E-state index is 12.6. The van der Waals surface area contributed by atoms with E-state index in [-0.39, 0.29) is 24.5 Å². The average molecular weight is 370 g/mol. The van der Waals surface area contributed by atoms with Crippen molar-refractivity contribution in [2.45, 2.75) is 64.6 Å². The molecule has 2 amide bonds. The molecule has 2 rings (SSSR count). The minimum absolute atomic E-state index is 0.0957. The van der Waals surface area contributed by atoms with E-state index >= 15 is 0 Å². The number of ether oxygens (including phenoxy) is 1. The summed E-state index contributed by atoms with van der Waals surface area (Å²) in [4.78, 5) is 28.4. The van der Waals surface area contributed by atoms with Gasteiger partial charge in [0.25, 0.3) is 0 Å². The topological polar surface area (TPSA) is 90.3 Å². The van der Waals surface area contributed by atoms with Gasteiger partial charge in [0.15, 0.2) is 0 Å². The molecule has 150 valence electrons. The zero-order chi connectivity index (χ0) is 19.3. The van der Waals surface area contributed by atoms with Gasteiger partial charge < -0.3 is 24.7 Å². The number of piperidine rings is 2. The molecule has 2 N–H and O–H groups in total. The van der Waals surface area contributed by atoms with Gasteiger partial charge in [-0.25, -0.2) is 4.79 Å². The first-order valence-electron chi connectivity index (χ1n) is 9.75. The number of amides is 2. The first-order valence-corrected chi connectivity index (χ1v) is 9.75. The monoisotopic (exact) mass is 370 g/mol. The Bertz CT molecular complexity index is 483. The summed E-state index contributed by atoms with van der Waals surface area (Å²) in [6.45, 7) is 8.09.